The molecule has 0 rings (SSSR count). The van der Waals surface area contributed by atoms with Gasteiger partial charge < -0.3 is 0 Å². The van der Waals surface area contributed by atoms with Crippen molar-refractivity contribution in [3.8, 4) is 0 Å². The summed E-state index contributed by atoms with van der Waals surface area (Å²) in [6, 6.07) is 0. The zero-order chi connectivity index (χ0) is 23.4. The fourth-order valence-corrected chi connectivity index (χ4v) is 2.21. The van der Waals surface area contributed by atoms with Crippen molar-refractivity contribution in [2.45, 2.75) is 58.5 Å². The number of hydrogen-bond acceptors (Lipinski definition) is 0. The van der Waals surface area contributed by atoms with Crippen molar-refractivity contribution in [2.24, 2.45) is 0 Å². The summed E-state index contributed by atoms with van der Waals surface area (Å²) in [7, 11) is 0. The Labute approximate surface area is 156 Å². The molecule has 28 heavy (non-hydrogen) atoms. The van der Waals surface area contributed by atoms with Crippen LogP contribution in [0.25, 0.3) is 0 Å². The third-order valence-electron chi connectivity index (χ3n) is 3.20. The summed E-state index contributed by atoms with van der Waals surface area (Å²) in [4.78, 5) is 0. The van der Waals surface area contributed by atoms with E-state index in [2.05, 4.69) is 0 Å². The third-order valence-corrected chi connectivity index (χ3v) is 3.79. The van der Waals surface area contributed by atoms with Gasteiger partial charge in [0.2, 0.25) is 0 Å². The Morgan fingerprint density at radius 3 is 0.893 bits per heavy atom. The first-order chi connectivity index (χ1) is 11.8. The summed E-state index contributed by atoms with van der Waals surface area (Å²) in [6.45, 7) is 0. The van der Waals surface area contributed by atoms with E-state index in [1.165, 1.54) is 0 Å². The molecule has 0 N–H and O–H groups in total. The summed E-state index contributed by atoms with van der Waals surface area (Å²) < 4.78 is 216. The summed E-state index contributed by atoms with van der Waals surface area (Å²) in [5.41, 5.74) is 0. The molecule has 0 bridgehead atoms. The fraction of sp³-hybridized carbons (Fsp3) is 1.00. The van der Waals surface area contributed by atoms with E-state index in [9.17, 15) is 74.6 Å². The maximum atomic E-state index is 13.2. The van der Waals surface area contributed by atoms with E-state index in [0.717, 1.165) is 0 Å². The van der Waals surface area contributed by atoms with Gasteiger partial charge in [0.25, 0.3) is 0 Å². The first kappa shape index (κ1) is 27.6. The summed E-state index contributed by atoms with van der Waals surface area (Å²) in [5.74, 6) is -55.6. The van der Waals surface area contributed by atoms with Crippen LogP contribution in [0.1, 0.15) is 6.42 Å². The molecule has 0 aliphatic heterocycles. The summed E-state index contributed by atoms with van der Waals surface area (Å²) >= 11 is 0.516. The Kier molecular flexibility index (Phi) is 6.98. The van der Waals surface area contributed by atoms with Gasteiger partial charge in [-0.2, -0.15) is 0 Å². The summed E-state index contributed by atoms with van der Waals surface area (Å²) in [5, 5.41) is 0. The Hall–Kier alpha value is -0.400. The van der Waals surface area contributed by atoms with Gasteiger partial charge >= 0.3 is 155 Å². The number of alkyl halides is 17. The molecule has 18 heteroatoms. The van der Waals surface area contributed by atoms with Gasteiger partial charge in [-0.1, -0.05) is 0 Å². The second kappa shape index (κ2) is 7.09. The number of rotatable bonds is 8. The molecule has 0 nitrogen and oxygen atoms in total. The molecule has 0 heterocycles. The van der Waals surface area contributed by atoms with E-state index in [4.69, 9.17) is 0 Å². The molecule has 0 amide bonds. The van der Waals surface area contributed by atoms with Crippen LogP contribution in [0.3, 0.4) is 0 Å². The molecule has 0 fully saturated rings. The van der Waals surface area contributed by atoms with Crippen molar-refractivity contribution >= 4 is 22.3 Å². The van der Waals surface area contributed by atoms with E-state index in [1.807, 2.05) is 0 Å². The van der Waals surface area contributed by atoms with E-state index in [0.29, 0.717) is 22.3 Å². The normalized spacial score (nSPS) is 16.5. The molecule has 169 valence electrons. The number of halogens is 17. The van der Waals surface area contributed by atoms with Gasteiger partial charge in [0.05, 0.1) is 0 Å². The Morgan fingerprint density at radius 2 is 0.643 bits per heavy atom. The van der Waals surface area contributed by atoms with Crippen LogP contribution < -0.4 is 0 Å². The Morgan fingerprint density at radius 1 is 0.393 bits per heavy atom. The van der Waals surface area contributed by atoms with Gasteiger partial charge in [0.1, 0.15) is 0 Å². The molecule has 0 unspecified atom stereocenters. The minimum atomic E-state index is -8.56. The minimum absolute atomic E-state index is 0.516. The Bertz CT molecular complexity index is 559. The predicted molar refractivity (Wildman–Crippen MR) is 55.9 cm³/mol. The molecule has 0 aromatic rings. The van der Waals surface area contributed by atoms with Gasteiger partial charge in [-0.05, 0) is 0 Å². The van der Waals surface area contributed by atoms with Crippen LogP contribution in [0.5, 0.6) is 0 Å². The third kappa shape index (κ3) is 3.49. The summed E-state index contributed by atoms with van der Waals surface area (Å²) in [6.07, 6.45) is -10.1. The van der Waals surface area contributed by atoms with Gasteiger partial charge in [0, 0.05) is 0 Å². The first-order valence-corrected chi connectivity index (χ1v) is 7.75. The molecular weight excluding hydrogens is 571 g/mol. The van der Waals surface area contributed by atoms with E-state index in [1.54, 1.807) is 0 Å². The van der Waals surface area contributed by atoms with Gasteiger partial charge in [-0.25, -0.2) is 0 Å². The molecule has 0 spiro atoms. The van der Waals surface area contributed by atoms with Crippen LogP contribution >= 0.6 is 0 Å². The number of hydrogen-bond donors (Lipinski definition) is 0. The van der Waals surface area contributed by atoms with Crippen molar-refractivity contribution in [2.75, 3.05) is 0 Å². The maximum absolute atomic E-state index is 13.2. The van der Waals surface area contributed by atoms with Crippen LogP contribution in [-0.4, -0.2) is 69.9 Å². The van der Waals surface area contributed by atoms with Gasteiger partial charge in [-0.15, -0.1) is 0 Å². The topological polar surface area (TPSA) is 0 Å². The van der Waals surface area contributed by atoms with Crippen molar-refractivity contribution in [3.05, 3.63) is 0 Å². The molecule has 0 aromatic heterocycles. The van der Waals surface area contributed by atoms with Crippen molar-refractivity contribution in [3.63, 3.8) is 0 Å². The van der Waals surface area contributed by atoms with Crippen LogP contribution in [0.2, 0.25) is 4.47 Å². The molecule has 1 radical (unpaired) electrons. The van der Waals surface area contributed by atoms with Gasteiger partial charge in [0.15, 0.2) is 0 Å². The average molecular weight is 575 g/mol. The zero-order valence-electron chi connectivity index (χ0n) is 12.2. The molecule has 0 aliphatic rings. The van der Waals surface area contributed by atoms with E-state index < -0.39 is 58.5 Å². The second-order valence-electron chi connectivity index (χ2n) is 5.10. The predicted octanol–water partition coefficient (Wildman–Crippen LogP) is 5.97. The van der Waals surface area contributed by atoms with Crippen LogP contribution in [0.4, 0.5) is 74.6 Å². The molecule has 0 saturated carbocycles. The fourth-order valence-electron chi connectivity index (χ4n) is 1.48. The Balaban J connectivity index is 6.63. The molecule has 0 aliphatic carbocycles. The van der Waals surface area contributed by atoms with Crippen LogP contribution in [-0.2, 0) is 0 Å². The van der Waals surface area contributed by atoms with Crippen LogP contribution in [0, 0.1) is 0 Å². The van der Waals surface area contributed by atoms with Gasteiger partial charge in [-0.3, -0.25) is 0 Å². The van der Waals surface area contributed by atoms with Crippen LogP contribution in [0.15, 0.2) is 0 Å². The average Bonchev–Trinajstić information content (AvgIpc) is 2.44. The molecular formula is C10H4F17Te. The van der Waals surface area contributed by atoms with Crippen molar-refractivity contribution < 1.29 is 74.6 Å². The zero-order valence-corrected chi connectivity index (χ0v) is 14.6. The quantitative estimate of drug-likeness (QED) is 0.248. The standard InChI is InChI=1S/C10H4F17Te/c11-3(12,1-2-28)4(13,14)5(15,16)6(17,18)7(19,20)8(21,22)9(23,24)10(25,26)27/h1-2H2. The monoisotopic (exact) mass is 577 g/mol. The van der Waals surface area contributed by atoms with E-state index in [-0.39, 0.29) is 0 Å². The second-order valence-corrected chi connectivity index (χ2v) is 6.27. The van der Waals surface area contributed by atoms with Crippen molar-refractivity contribution in [1.82, 2.24) is 0 Å². The molecule has 0 aromatic carbocycles. The first-order valence-electron chi connectivity index (χ1n) is 6.10. The molecule has 0 saturated heterocycles. The van der Waals surface area contributed by atoms with Crippen molar-refractivity contribution in [1.29, 1.82) is 0 Å². The molecule has 0 atom stereocenters. The van der Waals surface area contributed by atoms with E-state index >= 15 is 0 Å². The SMILES string of the molecule is FC(F)(F)C(F)(F)C(F)(F)C(F)(F)C(F)(F)C(F)(F)C(F)(F)C(F)(F)CC[Te].